The lowest BCUT2D eigenvalue weighted by Crippen LogP contribution is -2.20. The van der Waals surface area contributed by atoms with Gasteiger partial charge in [0.05, 0.1) is 18.3 Å². The third kappa shape index (κ3) is 5.07. The van der Waals surface area contributed by atoms with Gasteiger partial charge in [0, 0.05) is 28.3 Å². The number of amides is 2. The molecule has 0 spiro atoms. The van der Waals surface area contributed by atoms with Crippen LogP contribution in [-0.4, -0.2) is 30.5 Å². The molecule has 8 heteroatoms. The highest BCUT2D eigenvalue weighted by Gasteiger charge is 2.13. The average Bonchev–Trinajstić information content (AvgIpc) is 2.82. The first-order valence-corrected chi connectivity index (χ1v) is 10.00. The van der Waals surface area contributed by atoms with Crippen molar-refractivity contribution in [2.24, 2.45) is 5.73 Å². The first-order chi connectivity index (χ1) is 15.9. The van der Waals surface area contributed by atoms with Crippen LogP contribution in [0.4, 0.5) is 10.1 Å². The third-order valence-electron chi connectivity index (χ3n) is 4.89. The molecule has 0 atom stereocenters. The molecule has 2 amide bonds. The number of primary amides is 1. The number of fused-ring (bicyclic) bond motifs is 1. The molecule has 166 valence electrons. The molecule has 4 rings (SSSR count). The van der Waals surface area contributed by atoms with Gasteiger partial charge in [-0.05, 0) is 66.7 Å². The van der Waals surface area contributed by atoms with Crippen molar-refractivity contribution < 1.29 is 23.5 Å². The van der Waals surface area contributed by atoms with Crippen LogP contribution in [-0.2, 0) is 4.79 Å². The molecular formula is C25H20FN3O4. The van der Waals surface area contributed by atoms with Crippen LogP contribution >= 0.6 is 0 Å². The van der Waals surface area contributed by atoms with E-state index >= 15 is 0 Å². The Morgan fingerprint density at radius 1 is 1.00 bits per heavy atom. The highest BCUT2D eigenvalue weighted by atomic mass is 19.1. The zero-order valence-corrected chi connectivity index (χ0v) is 17.7. The van der Waals surface area contributed by atoms with Gasteiger partial charge < -0.3 is 20.5 Å². The van der Waals surface area contributed by atoms with E-state index in [0.717, 1.165) is 5.56 Å². The third-order valence-corrected chi connectivity index (χ3v) is 4.89. The Balaban J connectivity index is 1.70. The predicted octanol–water partition coefficient (Wildman–Crippen LogP) is 4.17. The Kier molecular flexibility index (Phi) is 6.17. The van der Waals surface area contributed by atoms with Gasteiger partial charge in [-0.25, -0.2) is 9.37 Å². The SMILES string of the molecule is COc1ccc(-c2cc(OCC(N)=O)c3cc(NC(=O)c4ccc(F)cc4)ccc3n2)cc1. The molecule has 0 saturated carbocycles. The fourth-order valence-electron chi connectivity index (χ4n) is 3.26. The summed E-state index contributed by atoms with van der Waals surface area (Å²) >= 11 is 0. The van der Waals surface area contributed by atoms with E-state index in [4.69, 9.17) is 15.2 Å². The summed E-state index contributed by atoms with van der Waals surface area (Å²) in [6.07, 6.45) is 0. The number of methoxy groups -OCH3 is 1. The average molecular weight is 445 g/mol. The molecule has 0 bridgehead atoms. The quantitative estimate of drug-likeness (QED) is 0.445. The second kappa shape index (κ2) is 9.35. The molecule has 1 heterocycles. The van der Waals surface area contributed by atoms with Crippen molar-refractivity contribution in [1.82, 2.24) is 4.98 Å². The summed E-state index contributed by atoms with van der Waals surface area (Å²) in [4.78, 5) is 28.5. The van der Waals surface area contributed by atoms with Gasteiger partial charge in [0.2, 0.25) is 0 Å². The van der Waals surface area contributed by atoms with Gasteiger partial charge in [-0.3, -0.25) is 9.59 Å². The van der Waals surface area contributed by atoms with Gasteiger partial charge in [0.25, 0.3) is 11.8 Å². The predicted molar refractivity (Wildman–Crippen MR) is 123 cm³/mol. The number of benzene rings is 3. The van der Waals surface area contributed by atoms with Crippen molar-refractivity contribution in [3.8, 4) is 22.8 Å². The number of hydrogen-bond acceptors (Lipinski definition) is 5. The van der Waals surface area contributed by atoms with Crippen LogP contribution in [0, 0.1) is 5.82 Å². The Labute approximate surface area is 189 Å². The molecule has 1 aromatic heterocycles. The zero-order valence-electron chi connectivity index (χ0n) is 17.7. The highest BCUT2D eigenvalue weighted by molar-refractivity contribution is 6.05. The number of carbonyl (C=O) groups excluding carboxylic acids is 2. The van der Waals surface area contributed by atoms with Crippen LogP contribution in [0.5, 0.6) is 11.5 Å². The smallest absolute Gasteiger partial charge is 0.255 e. The van der Waals surface area contributed by atoms with Crippen LogP contribution < -0.4 is 20.5 Å². The molecule has 3 aromatic carbocycles. The molecular weight excluding hydrogens is 425 g/mol. The summed E-state index contributed by atoms with van der Waals surface area (Å²) < 4.78 is 24.0. The molecule has 4 aromatic rings. The molecule has 0 aliphatic carbocycles. The minimum Gasteiger partial charge on any atom is -0.497 e. The maximum atomic E-state index is 13.1. The largest absolute Gasteiger partial charge is 0.497 e. The topological polar surface area (TPSA) is 104 Å². The Bertz CT molecular complexity index is 1320. The number of anilines is 1. The molecule has 0 radical (unpaired) electrons. The standard InChI is InChI=1S/C25H20FN3O4/c1-32-19-9-4-15(5-10-19)22-13-23(33-14-24(27)30)20-12-18(8-11-21(20)29-22)28-25(31)16-2-6-17(26)7-3-16/h2-13H,14H2,1H3,(H2,27,30)(H,28,31). The fourth-order valence-corrected chi connectivity index (χ4v) is 3.26. The van der Waals surface area contributed by atoms with Crippen molar-refractivity contribution >= 4 is 28.4 Å². The lowest BCUT2D eigenvalue weighted by Gasteiger charge is -2.13. The number of hydrogen-bond donors (Lipinski definition) is 2. The van der Waals surface area contributed by atoms with Crippen LogP contribution in [0.25, 0.3) is 22.2 Å². The highest BCUT2D eigenvalue weighted by Crippen LogP contribution is 2.32. The Hall–Kier alpha value is -4.46. The van der Waals surface area contributed by atoms with Crippen molar-refractivity contribution in [3.05, 3.63) is 84.2 Å². The molecule has 0 fully saturated rings. The summed E-state index contributed by atoms with van der Waals surface area (Å²) in [5.74, 6) is -0.329. The van der Waals surface area contributed by atoms with Crippen LogP contribution in [0.2, 0.25) is 0 Å². The van der Waals surface area contributed by atoms with E-state index in [-0.39, 0.29) is 6.61 Å². The minimum absolute atomic E-state index is 0.312. The first kappa shape index (κ1) is 21.8. The van der Waals surface area contributed by atoms with Gasteiger partial charge in [-0.2, -0.15) is 0 Å². The maximum absolute atomic E-state index is 13.1. The molecule has 0 unspecified atom stereocenters. The molecule has 0 aliphatic rings. The van der Waals surface area contributed by atoms with E-state index in [1.165, 1.54) is 24.3 Å². The second-order valence-corrected chi connectivity index (χ2v) is 7.18. The summed E-state index contributed by atoms with van der Waals surface area (Å²) in [6, 6.07) is 19.4. The number of halogens is 1. The van der Waals surface area contributed by atoms with Crippen LogP contribution in [0.3, 0.4) is 0 Å². The summed E-state index contributed by atoms with van der Waals surface area (Å²) in [7, 11) is 1.59. The molecule has 0 aliphatic heterocycles. The van der Waals surface area contributed by atoms with Crippen LogP contribution in [0.1, 0.15) is 10.4 Å². The number of nitrogens with two attached hydrogens (primary N) is 1. The van der Waals surface area contributed by atoms with E-state index in [9.17, 15) is 14.0 Å². The number of rotatable bonds is 7. The number of aromatic nitrogens is 1. The van der Waals surface area contributed by atoms with Gasteiger partial charge in [0.1, 0.15) is 17.3 Å². The molecule has 7 nitrogen and oxygen atoms in total. The number of ether oxygens (including phenoxy) is 2. The lowest BCUT2D eigenvalue weighted by molar-refractivity contribution is -0.119. The Morgan fingerprint density at radius 3 is 2.39 bits per heavy atom. The maximum Gasteiger partial charge on any atom is 0.255 e. The molecule has 3 N–H and O–H groups in total. The number of pyridine rings is 1. The van der Waals surface area contributed by atoms with E-state index in [1.54, 1.807) is 31.4 Å². The van der Waals surface area contributed by atoms with E-state index in [0.29, 0.717) is 39.3 Å². The number of nitrogens with one attached hydrogen (secondary N) is 1. The van der Waals surface area contributed by atoms with E-state index in [1.807, 2.05) is 24.3 Å². The normalized spacial score (nSPS) is 10.6. The lowest BCUT2D eigenvalue weighted by atomic mass is 10.1. The monoisotopic (exact) mass is 445 g/mol. The minimum atomic E-state index is -0.619. The summed E-state index contributed by atoms with van der Waals surface area (Å²) in [5, 5.41) is 3.36. The summed E-state index contributed by atoms with van der Waals surface area (Å²) in [5.41, 5.74) is 8.12. The van der Waals surface area contributed by atoms with E-state index < -0.39 is 17.6 Å². The number of nitrogens with zero attached hydrogens (tertiary/aromatic N) is 1. The zero-order chi connectivity index (χ0) is 23.4. The number of carbonyl (C=O) groups is 2. The van der Waals surface area contributed by atoms with Gasteiger partial charge in [-0.15, -0.1) is 0 Å². The fraction of sp³-hybridized carbons (Fsp3) is 0.0800. The van der Waals surface area contributed by atoms with E-state index in [2.05, 4.69) is 10.3 Å². The van der Waals surface area contributed by atoms with Crippen molar-refractivity contribution in [2.75, 3.05) is 19.0 Å². The second-order valence-electron chi connectivity index (χ2n) is 7.18. The molecule has 0 saturated heterocycles. The van der Waals surface area contributed by atoms with Gasteiger partial charge in [-0.1, -0.05) is 0 Å². The van der Waals surface area contributed by atoms with Gasteiger partial charge >= 0.3 is 0 Å². The molecule has 33 heavy (non-hydrogen) atoms. The first-order valence-electron chi connectivity index (χ1n) is 10.00. The van der Waals surface area contributed by atoms with Crippen molar-refractivity contribution in [3.63, 3.8) is 0 Å². The van der Waals surface area contributed by atoms with Gasteiger partial charge in [0.15, 0.2) is 6.61 Å². The van der Waals surface area contributed by atoms with Crippen LogP contribution in [0.15, 0.2) is 72.8 Å². The Morgan fingerprint density at radius 2 is 1.73 bits per heavy atom. The summed E-state index contributed by atoms with van der Waals surface area (Å²) in [6.45, 7) is -0.312. The van der Waals surface area contributed by atoms with Crippen molar-refractivity contribution in [2.45, 2.75) is 0 Å². The van der Waals surface area contributed by atoms with Crippen molar-refractivity contribution in [1.29, 1.82) is 0 Å².